The molecule has 0 saturated carbocycles. The van der Waals surface area contributed by atoms with Gasteiger partial charge >= 0.3 is 0 Å². The van der Waals surface area contributed by atoms with Crippen molar-refractivity contribution in [2.45, 2.75) is 47.5 Å². The highest BCUT2D eigenvalue weighted by Crippen LogP contribution is 2.30. The molecule has 0 unspecified atom stereocenters. The number of aryl methyl sites for hydroxylation is 5. The average molecular weight is 409 g/mol. The number of rotatable bonds is 4. The van der Waals surface area contributed by atoms with Crippen molar-refractivity contribution >= 4 is 16.7 Å². The lowest BCUT2D eigenvalue weighted by molar-refractivity contribution is 0.904. The lowest BCUT2D eigenvalue weighted by Crippen LogP contribution is -2.07. The minimum absolute atomic E-state index is 0.894. The largest absolute Gasteiger partial charge is 0.301 e. The quantitative estimate of drug-likeness (QED) is 0.362. The molecule has 0 N–H and O–H groups in total. The molecule has 0 radical (unpaired) electrons. The van der Waals surface area contributed by atoms with Gasteiger partial charge in [0, 0.05) is 17.6 Å². The Morgan fingerprint density at radius 2 is 1.65 bits per heavy atom. The topological polar surface area (TPSA) is 35.1 Å². The molecule has 0 amide bonds. The van der Waals surface area contributed by atoms with Gasteiger partial charge in [-0.15, -0.1) is 0 Å². The van der Waals surface area contributed by atoms with Gasteiger partial charge in [-0.3, -0.25) is 0 Å². The number of nitrogens with zero attached hydrogens (tertiary/aromatic N) is 4. The average Bonchev–Trinajstić information content (AvgIpc) is 3.31. The summed E-state index contributed by atoms with van der Waals surface area (Å²) in [4.78, 5) is 4.77. The molecule has 3 aromatic heterocycles. The molecular formula is C27H28N4. The van der Waals surface area contributed by atoms with Gasteiger partial charge in [0.05, 0.1) is 17.1 Å². The van der Waals surface area contributed by atoms with E-state index in [9.17, 15) is 0 Å². The van der Waals surface area contributed by atoms with Crippen molar-refractivity contribution in [1.29, 1.82) is 0 Å². The van der Waals surface area contributed by atoms with Crippen molar-refractivity contribution in [3.8, 4) is 5.69 Å². The maximum atomic E-state index is 4.77. The minimum atomic E-state index is 0.894. The van der Waals surface area contributed by atoms with E-state index in [-0.39, 0.29) is 0 Å². The normalized spacial score (nSPS) is 11.6. The first-order valence-electron chi connectivity index (χ1n) is 11.0. The first-order chi connectivity index (χ1) is 15.0. The third-order valence-corrected chi connectivity index (χ3v) is 6.19. The molecule has 0 saturated heterocycles. The van der Waals surface area contributed by atoms with Gasteiger partial charge in [0.1, 0.15) is 5.65 Å². The molecule has 2 aromatic carbocycles. The molecule has 0 aliphatic carbocycles. The van der Waals surface area contributed by atoms with Crippen LogP contribution in [-0.2, 0) is 12.8 Å². The van der Waals surface area contributed by atoms with Crippen LogP contribution in [0.15, 0.2) is 54.7 Å². The van der Waals surface area contributed by atoms with Gasteiger partial charge in [-0.1, -0.05) is 48.9 Å². The zero-order chi connectivity index (χ0) is 21.7. The van der Waals surface area contributed by atoms with E-state index >= 15 is 0 Å². The van der Waals surface area contributed by atoms with E-state index in [1.54, 1.807) is 0 Å². The van der Waals surface area contributed by atoms with Gasteiger partial charge in [-0.05, 0) is 68.9 Å². The Hall–Kier alpha value is -3.40. The molecule has 0 aliphatic rings. The maximum Gasteiger partial charge on any atom is 0.157 e. The second-order valence-electron chi connectivity index (χ2n) is 8.56. The van der Waals surface area contributed by atoms with E-state index in [4.69, 9.17) is 10.1 Å². The van der Waals surface area contributed by atoms with E-state index in [1.807, 2.05) is 17.5 Å². The van der Waals surface area contributed by atoms with Crippen molar-refractivity contribution in [1.82, 2.24) is 19.2 Å². The van der Waals surface area contributed by atoms with Gasteiger partial charge in [-0.25, -0.2) is 4.98 Å². The summed E-state index contributed by atoms with van der Waals surface area (Å²) < 4.78 is 4.29. The third-order valence-electron chi connectivity index (χ3n) is 6.19. The fourth-order valence-corrected chi connectivity index (χ4v) is 4.86. The van der Waals surface area contributed by atoms with Crippen molar-refractivity contribution in [2.24, 2.45) is 0 Å². The molecule has 0 atom stereocenters. The van der Waals surface area contributed by atoms with Crippen LogP contribution in [0.1, 0.15) is 46.1 Å². The highest BCUT2D eigenvalue weighted by atomic mass is 15.3. The fourth-order valence-electron chi connectivity index (χ4n) is 4.86. The predicted molar refractivity (Wildman–Crippen MR) is 127 cm³/mol. The van der Waals surface area contributed by atoms with Crippen LogP contribution in [-0.4, -0.2) is 19.2 Å². The zero-order valence-electron chi connectivity index (χ0n) is 18.9. The molecule has 0 aliphatic heterocycles. The Labute approximate surface area is 183 Å². The molecule has 0 bridgehead atoms. The molecule has 0 spiro atoms. The summed E-state index contributed by atoms with van der Waals surface area (Å²) in [6.45, 7) is 10.7. The van der Waals surface area contributed by atoms with Crippen molar-refractivity contribution in [2.75, 3.05) is 0 Å². The fraction of sp³-hybridized carbons (Fsp3) is 0.259. The Bertz CT molecular complexity index is 1440. The van der Waals surface area contributed by atoms with Gasteiger partial charge in [-0.2, -0.15) is 9.61 Å². The highest BCUT2D eigenvalue weighted by Gasteiger charge is 2.17. The minimum Gasteiger partial charge on any atom is -0.301 e. The summed E-state index contributed by atoms with van der Waals surface area (Å²) >= 11 is 0. The number of benzene rings is 2. The SMILES string of the molecule is CCc1ccccc1Cc1cc(C)cc(C)c1-n1ccc2c(C)nc3cc(C)nn3c21. The lowest BCUT2D eigenvalue weighted by Gasteiger charge is -2.18. The zero-order valence-corrected chi connectivity index (χ0v) is 18.9. The molecule has 4 nitrogen and oxygen atoms in total. The number of hydrogen-bond acceptors (Lipinski definition) is 2. The number of fused-ring (bicyclic) bond motifs is 3. The monoisotopic (exact) mass is 408 g/mol. The van der Waals surface area contributed by atoms with Crippen LogP contribution in [0.4, 0.5) is 0 Å². The summed E-state index contributed by atoms with van der Waals surface area (Å²) in [6.07, 6.45) is 4.12. The lowest BCUT2D eigenvalue weighted by atomic mass is 9.94. The standard InChI is InChI=1S/C27H28N4/c1-6-21-9-7-8-10-22(21)16-23-14-17(2)13-18(3)26(23)30-12-11-24-20(5)28-25-15-19(4)29-31(25)27(24)30/h7-15H,6,16H2,1-5H3. The van der Waals surface area contributed by atoms with Crippen LogP contribution < -0.4 is 0 Å². The van der Waals surface area contributed by atoms with Crippen LogP contribution in [0, 0.1) is 27.7 Å². The van der Waals surface area contributed by atoms with Gasteiger partial charge in [0.2, 0.25) is 0 Å². The third kappa shape index (κ3) is 3.23. The Morgan fingerprint density at radius 1 is 0.871 bits per heavy atom. The van der Waals surface area contributed by atoms with Crippen molar-refractivity contribution < 1.29 is 0 Å². The molecule has 156 valence electrons. The second-order valence-corrected chi connectivity index (χ2v) is 8.56. The van der Waals surface area contributed by atoms with E-state index in [2.05, 4.69) is 80.9 Å². The number of aromatic nitrogens is 4. The van der Waals surface area contributed by atoms with E-state index in [1.165, 1.54) is 33.5 Å². The first kappa shape index (κ1) is 19.6. The van der Waals surface area contributed by atoms with Crippen LogP contribution in [0.5, 0.6) is 0 Å². The van der Waals surface area contributed by atoms with Gasteiger partial charge < -0.3 is 4.57 Å². The molecule has 4 heteroatoms. The van der Waals surface area contributed by atoms with E-state index in [0.717, 1.165) is 40.9 Å². The number of hydrogen-bond donors (Lipinski definition) is 0. The summed E-state index contributed by atoms with van der Waals surface area (Å²) in [6, 6.07) is 17.6. The Balaban J connectivity index is 1.79. The summed E-state index contributed by atoms with van der Waals surface area (Å²) in [5, 5.41) is 5.90. The van der Waals surface area contributed by atoms with Crippen molar-refractivity contribution in [3.05, 3.63) is 93.9 Å². The van der Waals surface area contributed by atoms with Crippen molar-refractivity contribution in [3.63, 3.8) is 0 Å². The summed E-state index contributed by atoms with van der Waals surface area (Å²) in [5.74, 6) is 0. The Kier molecular flexibility index (Phi) is 4.66. The Morgan fingerprint density at radius 3 is 2.42 bits per heavy atom. The predicted octanol–water partition coefficient (Wildman–Crippen LogP) is 6.06. The first-order valence-corrected chi connectivity index (χ1v) is 11.0. The molecule has 0 fully saturated rings. The second kappa shape index (κ2) is 7.38. The molecule has 5 aromatic rings. The molecule has 31 heavy (non-hydrogen) atoms. The smallest absolute Gasteiger partial charge is 0.157 e. The van der Waals surface area contributed by atoms with Crippen LogP contribution in [0.3, 0.4) is 0 Å². The van der Waals surface area contributed by atoms with Gasteiger partial charge in [0.15, 0.2) is 5.65 Å². The molecular weight excluding hydrogens is 380 g/mol. The van der Waals surface area contributed by atoms with E-state index in [0.29, 0.717) is 0 Å². The summed E-state index contributed by atoms with van der Waals surface area (Å²) in [7, 11) is 0. The molecule has 5 rings (SSSR count). The van der Waals surface area contributed by atoms with Gasteiger partial charge in [0.25, 0.3) is 0 Å². The van der Waals surface area contributed by atoms with Crippen LogP contribution >= 0.6 is 0 Å². The van der Waals surface area contributed by atoms with E-state index < -0.39 is 0 Å². The summed E-state index contributed by atoms with van der Waals surface area (Å²) in [5.41, 5.74) is 11.9. The molecule has 3 heterocycles. The van der Waals surface area contributed by atoms with Crippen LogP contribution in [0.2, 0.25) is 0 Å². The maximum absolute atomic E-state index is 4.77. The van der Waals surface area contributed by atoms with Crippen LogP contribution in [0.25, 0.3) is 22.4 Å². The highest BCUT2D eigenvalue weighted by molar-refractivity contribution is 5.83.